The molecule has 0 aromatic carbocycles. The van der Waals surface area contributed by atoms with E-state index in [9.17, 15) is 13.2 Å². The van der Waals surface area contributed by atoms with Crippen molar-refractivity contribution in [3.05, 3.63) is 41.9 Å². The first-order valence-corrected chi connectivity index (χ1v) is 5.90. The predicted molar refractivity (Wildman–Crippen MR) is 71.3 cm³/mol. The van der Waals surface area contributed by atoms with E-state index in [1.54, 1.807) is 6.92 Å². The normalized spacial score (nSPS) is 11.3. The van der Waals surface area contributed by atoms with E-state index in [1.807, 2.05) is 0 Å². The Morgan fingerprint density at radius 3 is 2.52 bits per heavy atom. The molecule has 3 N–H and O–H groups in total. The average molecular weight is 297 g/mol. The molecule has 0 amide bonds. The molecule has 2 rings (SSSR count). The molecule has 110 valence electrons. The van der Waals surface area contributed by atoms with Gasteiger partial charge in [0.15, 0.2) is 0 Å². The van der Waals surface area contributed by atoms with Crippen molar-refractivity contribution in [2.24, 2.45) is 0 Å². The smallest absolute Gasteiger partial charge is 0.423 e. The molecule has 0 aliphatic carbocycles. The summed E-state index contributed by atoms with van der Waals surface area (Å²) in [5, 5.41) is 21.0. The maximum Gasteiger partial charge on any atom is 0.490 e. The van der Waals surface area contributed by atoms with Crippen LogP contribution in [0.3, 0.4) is 0 Å². The van der Waals surface area contributed by atoms with Gasteiger partial charge in [0.25, 0.3) is 0 Å². The lowest BCUT2D eigenvalue weighted by Crippen LogP contribution is -2.33. The second kappa shape index (κ2) is 5.70. The Morgan fingerprint density at radius 1 is 1.19 bits per heavy atom. The molecule has 9 heteroatoms. The van der Waals surface area contributed by atoms with Crippen LogP contribution >= 0.6 is 0 Å². The Balaban J connectivity index is 2.28. The molecule has 0 spiro atoms. The summed E-state index contributed by atoms with van der Waals surface area (Å²) in [6.07, 6.45) is -2.06. The summed E-state index contributed by atoms with van der Waals surface area (Å²) in [6, 6.07) is 3.10. The minimum atomic E-state index is -4.46. The largest absolute Gasteiger partial charge is 0.490 e. The highest BCUT2D eigenvalue weighted by Crippen LogP contribution is 2.30. The first kappa shape index (κ1) is 15.3. The summed E-state index contributed by atoms with van der Waals surface area (Å²) in [5.41, 5.74) is 0.0394. The van der Waals surface area contributed by atoms with Crippen LogP contribution in [0.25, 0.3) is 0 Å². The van der Waals surface area contributed by atoms with Crippen LogP contribution in [0.4, 0.5) is 24.7 Å². The SMILES string of the molecule is Cc1ncc(Nc2cc(C(F)(F)F)ccn2)cc1B(O)O. The summed E-state index contributed by atoms with van der Waals surface area (Å²) < 4.78 is 37.8. The third kappa shape index (κ3) is 3.70. The first-order valence-electron chi connectivity index (χ1n) is 5.90. The molecule has 0 saturated heterocycles. The molecule has 0 bridgehead atoms. The third-order valence-corrected chi connectivity index (χ3v) is 2.76. The molecule has 2 aromatic heterocycles. The van der Waals surface area contributed by atoms with E-state index in [0.717, 1.165) is 18.3 Å². The zero-order valence-corrected chi connectivity index (χ0v) is 10.9. The Hall–Kier alpha value is -2.13. The number of alkyl halides is 3. The number of hydrogen-bond donors (Lipinski definition) is 3. The molecule has 2 aromatic rings. The summed E-state index contributed by atoms with van der Waals surface area (Å²) in [4.78, 5) is 7.72. The van der Waals surface area contributed by atoms with Gasteiger partial charge < -0.3 is 15.4 Å². The molecule has 0 radical (unpaired) electrons. The number of nitrogens with zero attached hydrogens (tertiary/aromatic N) is 2. The summed E-state index contributed by atoms with van der Waals surface area (Å²) in [7, 11) is -1.71. The van der Waals surface area contributed by atoms with Gasteiger partial charge in [-0.3, -0.25) is 4.98 Å². The van der Waals surface area contributed by atoms with E-state index < -0.39 is 18.9 Å². The van der Waals surface area contributed by atoms with Gasteiger partial charge >= 0.3 is 13.3 Å². The van der Waals surface area contributed by atoms with Gasteiger partial charge in [-0.15, -0.1) is 0 Å². The summed E-state index contributed by atoms with van der Waals surface area (Å²) in [6.45, 7) is 1.58. The maximum absolute atomic E-state index is 12.6. The van der Waals surface area contributed by atoms with Crippen molar-refractivity contribution in [1.29, 1.82) is 0 Å². The highest BCUT2D eigenvalue weighted by atomic mass is 19.4. The highest BCUT2D eigenvalue weighted by molar-refractivity contribution is 6.59. The van der Waals surface area contributed by atoms with Crippen molar-refractivity contribution in [3.63, 3.8) is 0 Å². The predicted octanol–water partition coefficient (Wildman–Crippen LogP) is 1.23. The fraction of sp³-hybridized carbons (Fsp3) is 0.167. The molecular weight excluding hydrogens is 286 g/mol. The number of rotatable bonds is 3. The topological polar surface area (TPSA) is 78.3 Å². The molecule has 21 heavy (non-hydrogen) atoms. The van der Waals surface area contributed by atoms with Gasteiger partial charge in [-0.05, 0) is 25.1 Å². The Kier molecular flexibility index (Phi) is 4.15. The quantitative estimate of drug-likeness (QED) is 0.743. The maximum atomic E-state index is 12.6. The second-order valence-corrected chi connectivity index (χ2v) is 4.32. The lowest BCUT2D eigenvalue weighted by atomic mass is 9.79. The van der Waals surface area contributed by atoms with Crippen molar-refractivity contribution in [3.8, 4) is 0 Å². The van der Waals surface area contributed by atoms with Gasteiger partial charge in [0.05, 0.1) is 17.4 Å². The van der Waals surface area contributed by atoms with Crippen LogP contribution in [0.2, 0.25) is 0 Å². The minimum absolute atomic E-state index is 0.0196. The molecular formula is C12H11BF3N3O2. The lowest BCUT2D eigenvalue weighted by Gasteiger charge is -2.11. The van der Waals surface area contributed by atoms with Crippen LogP contribution in [-0.2, 0) is 6.18 Å². The highest BCUT2D eigenvalue weighted by Gasteiger charge is 2.30. The van der Waals surface area contributed by atoms with E-state index in [4.69, 9.17) is 10.0 Å². The van der Waals surface area contributed by atoms with E-state index in [2.05, 4.69) is 15.3 Å². The number of pyridine rings is 2. The second-order valence-electron chi connectivity index (χ2n) is 4.32. The molecule has 2 heterocycles. The molecule has 0 saturated carbocycles. The number of halogens is 3. The molecule has 0 atom stereocenters. The van der Waals surface area contributed by atoms with Gasteiger partial charge in [0.1, 0.15) is 5.82 Å². The van der Waals surface area contributed by atoms with Gasteiger partial charge in [0.2, 0.25) is 0 Å². The Bertz CT molecular complexity index is 650. The van der Waals surface area contributed by atoms with E-state index in [1.165, 1.54) is 12.3 Å². The van der Waals surface area contributed by atoms with Gasteiger partial charge in [-0.25, -0.2) is 4.98 Å². The van der Waals surface area contributed by atoms with Crippen LogP contribution in [0.1, 0.15) is 11.3 Å². The molecule has 0 aliphatic heterocycles. The van der Waals surface area contributed by atoms with E-state index in [-0.39, 0.29) is 11.3 Å². The van der Waals surface area contributed by atoms with Gasteiger partial charge in [0, 0.05) is 17.4 Å². The van der Waals surface area contributed by atoms with Crippen LogP contribution in [0.5, 0.6) is 0 Å². The van der Waals surface area contributed by atoms with Crippen molar-refractivity contribution >= 4 is 24.1 Å². The Labute approximate surface area is 118 Å². The van der Waals surface area contributed by atoms with Gasteiger partial charge in [-0.1, -0.05) is 0 Å². The van der Waals surface area contributed by atoms with Crippen molar-refractivity contribution < 1.29 is 23.2 Å². The number of aromatic nitrogens is 2. The van der Waals surface area contributed by atoms with Crippen LogP contribution < -0.4 is 10.8 Å². The third-order valence-electron chi connectivity index (χ3n) is 2.76. The zero-order valence-electron chi connectivity index (χ0n) is 10.9. The molecule has 5 nitrogen and oxygen atoms in total. The average Bonchev–Trinajstić information content (AvgIpc) is 2.40. The van der Waals surface area contributed by atoms with Crippen molar-refractivity contribution in [2.75, 3.05) is 5.32 Å². The molecule has 0 unspecified atom stereocenters. The summed E-state index contributed by atoms with van der Waals surface area (Å²) >= 11 is 0. The van der Waals surface area contributed by atoms with E-state index in [0.29, 0.717) is 11.4 Å². The van der Waals surface area contributed by atoms with Crippen LogP contribution in [0.15, 0.2) is 30.6 Å². The Morgan fingerprint density at radius 2 is 1.90 bits per heavy atom. The van der Waals surface area contributed by atoms with Crippen molar-refractivity contribution in [1.82, 2.24) is 9.97 Å². The number of aryl methyl sites for hydroxylation is 1. The zero-order chi connectivity index (χ0) is 15.6. The van der Waals surface area contributed by atoms with E-state index >= 15 is 0 Å². The molecule has 0 aliphatic rings. The standard InChI is InChI=1S/C12H11BF3N3O2/c1-7-10(13(20)21)5-9(6-18-7)19-11-4-8(2-3-17-11)12(14,15)16/h2-6,20-21H,1H3,(H,17,19). The first-order chi connectivity index (χ1) is 9.77. The fourth-order valence-electron chi connectivity index (χ4n) is 1.70. The fourth-order valence-corrected chi connectivity index (χ4v) is 1.70. The van der Waals surface area contributed by atoms with Crippen LogP contribution in [-0.4, -0.2) is 27.1 Å². The number of hydrogen-bond acceptors (Lipinski definition) is 5. The molecule has 0 fully saturated rings. The monoisotopic (exact) mass is 297 g/mol. The minimum Gasteiger partial charge on any atom is -0.423 e. The van der Waals surface area contributed by atoms with Crippen LogP contribution in [0, 0.1) is 6.92 Å². The van der Waals surface area contributed by atoms with Gasteiger partial charge in [-0.2, -0.15) is 13.2 Å². The lowest BCUT2D eigenvalue weighted by molar-refractivity contribution is -0.137. The summed E-state index contributed by atoms with van der Waals surface area (Å²) in [5.74, 6) is -0.0196. The number of nitrogens with one attached hydrogen (secondary N) is 1. The number of anilines is 2. The van der Waals surface area contributed by atoms with Crippen molar-refractivity contribution in [2.45, 2.75) is 13.1 Å².